The monoisotopic (exact) mass is 453 g/mol. The lowest BCUT2D eigenvalue weighted by Gasteiger charge is -2.16. The number of nitro groups is 1. The fraction of sp³-hybridized carbons (Fsp3) is 0.0909. The Balaban J connectivity index is 1.66. The van der Waals surface area contributed by atoms with Gasteiger partial charge in [-0.25, -0.2) is 4.98 Å². The Morgan fingerprint density at radius 1 is 1.26 bits per heavy atom. The molecule has 0 bridgehead atoms. The van der Waals surface area contributed by atoms with E-state index in [1.54, 1.807) is 36.6 Å². The number of anilines is 1. The van der Waals surface area contributed by atoms with Crippen LogP contribution in [0.5, 0.6) is 0 Å². The zero-order valence-electron chi connectivity index (χ0n) is 16.3. The summed E-state index contributed by atoms with van der Waals surface area (Å²) in [4.78, 5) is 29.6. The van der Waals surface area contributed by atoms with Crippen LogP contribution in [0, 0.1) is 17.0 Å². The van der Waals surface area contributed by atoms with Crippen LogP contribution in [0.25, 0.3) is 16.3 Å². The van der Waals surface area contributed by atoms with Crippen LogP contribution in [-0.2, 0) is 11.3 Å². The van der Waals surface area contributed by atoms with Gasteiger partial charge in [0.2, 0.25) is 0 Å². The van der Waals surface area contributed by atoms with Crippen molar-refractivity contribution >= 4 is 56.0 Å². The van der Waals surface area contributed by atoms with Gasteiger partial charge in [0.05, 0.1) is 33.0 Å². The standard InChI is InChI=1S/C22H16ClN3O4S/c1-14-4-10-18(23)21-20(14)24-22(31-21)25(13-17-3-2-12-30-17)19(27)11-7-15-5-8-16(9-6-15)26(28)29/h2-12H,13H2,1H3/b11-7-. The average molecular weight is 454 g/mol. The molecule has 0 N–H and O–H groups in total. The van der Waals surface area contributed by atoms with Gasteiger partial charge in [0.25, 0.3) is 11.6 Å². The normalized spacial score (nSPS) is 11.3. The molecule has 0 fully saturated rings. The van der Waals surface area contributed by atoms with Crippen molar-refractivity contribution in [2.45, 2.75) is 13.5 Å². The van der Waals surface area contributed by atoms with Gasteiger partial charge in [-0.1, -0.05) is 29.0 Å². The first kappa shape index (κ1) is 20.8. The highest BCUT2D eigenvalue weighted by atomic mass is 35.5. The van der Waals surface area contributed by atoms with Crippen LogP contribution in [0.2, 0.25) is 5.02 Å². The van der Waals surface area contributed by atoms with Crippen molar-refractivity contribution in [1.29, 1.82) is 0 Å². The average Bonchev–Trinajstić information content (AvgIpc) is 3.44. The van der Waals surface area contributed by atoms with E-state index in [2.05, 4.69) is 4.98 Å². The first-order valence-electron chi connectivity index (χ1n) is 9.24. The van der Waals surface area contributed by atoms with Gasteiger partial charge >= 0.3 is 0 Å². The Kier molecular flexibility index (Phi) is 5.83. The lowest BCUT2D eigenvalue weighted by molar-refractivity contribution is -0.384. The van der Waals surface area contributed by atoms with Gasteiger partial charge in [0.15, 0.2) is 5.13 Å². The number of aryl methyl sites for hydroxylation is 1. The van der Waals surface area contributed by atoms with E-state index in [4.69, 9.17) is 16.0 Å². The van der Waals surface area contributed by atoms with Crippen LogP contribution < -0.4 is 4.90 Å². The Morgan fingerprint density at radius 3 is 2.68 bits per heavy atom. The summed E-state index contributed by atoms with van der Waals surface area (Å²) in [6.45, 7) is 2.14. The Hall–Kier alpha value is -3.49. The van der Waals surface area contributed by atoms with E-state index < -0.39 is 4.92 Å². The highest BCUT2D eigenvalue weighted by Crippen LogP contribution is 2.36. The number of hydrogen-bond acceptors (Lipinski definition) is 6. The van der Waals surface area contributed by atoms with E-state index in [0.717, 1.165) is 15.8 Å². The van der Waals surface area contributed by atoms with Gasteiger partial charge in [-0.3, -0.25) is 19.8 Å². The molecule has 0 unspecified atom stereocenters. The van der Waals surface area contributed by atoms with E-state index in [1.807, 2.05) is 19.1 Å². The summed E-state index contributed by atoms with van der Waals surface area (Å²) >= 11 is 7.67. The third-order valence-electron chi connectivity index (χ3n) is 4.60. The molecule has 156 valence electrons. The third-order valence-corrected chi connectivity index (χ3v) is 6.14. The quantitative estimate of drug-likeness (QED) is 0.203. The number of rotatable bonds is 6. The van der Waals surface area contributed by atoms with Gasteiger partial charge in [-0.05, 0) is 54.5 Å². The summed E-state index contributed by atoms with van der Waals surface area (Å²) in [5.41, 5.74) is 2.38. The number of carbonyl (C=O) groups is 1. The molecule has 7 nitrogen and oxygen atoms in total. The highest BCUT2D eigenvalue weighted by molar-refractivity contribution is 7.23. The van der Waals surface area contributed by atoms with Crippen LogP contribution in [0.15, 0.2) is 65.3 Å². The first-order valence-corrected chi connectivity index (χ1v) is 10.4. The minimum Gasteiger partial charge on any atom is -0.467 e. The molecule has 2 heterocycles. The lowest BCUT2D eigenvalue weighted by atomic mass is 10.2. The SMILES string of the molecule is Cc1ccc(Cl)c2sc(N(Cc3ccco3)C(=O)/C=C\c3ccc([N+](=O)[O-])cc3)nc12. The van der Waals surface area contributed by atoms with E-state index in [0.29, 0.717) is 21.5 Å². The number of benzene rings is 2. The molecule has 0 aliphatic carbocycles. The number of nitro benzene ring substituents is 1. The van der Waals surface area contributed by atoms with Crippen LogP contribution in [0.4, 0.5) is 10.8 Å². The molecule has 2 aromatic carbocycles. The summed E-state index contributed by atoms with van der Waals surface area (Å²) in [7, 11) is 0. The molecule has 1 amide bonds. The Labute approximate surface area is 186 Å². The fourth-order valence-electron chi connectivity index (χ4n) is 2.97. The van der Waals surface area contributed by atoms with Gasteiger partial charge in [0.1, 0.15) is 5.76 Å². The summed E-state index contributed by atoms with van der Waals surface area (Å²) < 4.78 is 6.24. The molecule has 0 aliphatic heterocycles. The van der Waals surface area contributed by atoms with E-state index in [1.165, 1.54) is 34.4 Å². The first-order chi connectivity index (χ1) is 14.9. The second kappa shape index (κ2) is 8.71. The van der Waals surface area contributed by atoms with Gasteiger partial charge in [-0.15, -0.1) is 0 Å². The van der Waals surface area contributed by atoms with E-state index in [-0.39, 0.29) is 18.1 Å². The minimum atomic E-state index is -0.468. The zero-order valence-corrected chi connectivity index (χ0v) is 17.9. The summed E-state index contributed by atoms with van der Waals surface area (Å²) in [6, 6.07) is 13.2. The van der Waals surface area contributed by atoms with Gasteiger partial charge in [0, 0.05) is 18.2 Å². The molecule has 31 heavy (non-hydrogen) atoms. The number of thiazole rings is 1. The van der Waals surface area contributed by atoms with Crippen molar-refractivity contribution < 1.29 is 14.1 Å². The number of carbonyl (C=O) groups excluding carboxylic acids is 1. The predicted molar refractivity (Wildman–Crippen MR) is 121 cm³/mol. The number of non-ortho nitro benzene ring substituents is 1. The van der Waals surface area contributed by atoms with Crippen molar-refractivity contribution in [3.8, 4) is 0 Å². The largest absolute Gasteiger partial charge is 0.467 e. The van der Waals surface area contributed by atoms with E-state index >= 15 is 0 Å². The van der Waals surface area contributed by atoms with Crippen molar-refractivity contribution in [1.82, 2.24) is 4.98 Å². The fourth-order valence-corrected chi connectivity index (χ4v) is 4.29. The molecule has 4 rings (SSSR count). The number of hydrogen-bond donors (Lipinski definition) is 0. The molecule has 0 aliphatic rings. The van der Waals surface area contributed by atoms with Crippen molar-refractivity contribution in [3.63, 3.8) is 0 Å². The maximum atomic E-state index is 13.1. The van der Waals surface area contributed by atoms with E-state index in [9.17, 15) is 14.9 Å². The number of nitrogens with zero attached hydrogens (tertiary/aromatic N) is 3. The number of fused-ring (bicyclic) bond motifs is 1. The van der Waals surface area contributed by atoms with Crippen LogP contribution in [0.3, 0.4) is 0 Å². The molecule has 0 radical (unpaired) electrons. The number of amides is 1. The van der Waals surface area contributed by atoms with Crippen LogP contribution in [-0.4, -0.2) is 15.8 Å². The van der Waals surface area contributed by atoms with Gasteiger partial charge in [-0.2, -0.15) is 0 Å². The molecule has 2 aromatic heterocycles. The molecule has 0 spiro atoms. The van der Waals surface area contributed by atoms with Crippen molar-refractivity contribution in [2.75, 3.05) is 4.90 Å². The van der Waals surface area contributed by atoms with Gasteiger partial charge < -0.3 is 4.42 Å². The summed E-state index contributed by atoms with van der Waals surface area (Å²) in [6.07, 6.45) is 4.56. The Morgan fingerprint density at radius 2 is 2.03 bits per heavy atom. The summed E-state index contributed by atoms with van der Waals surface area (Å²) in [5, 5.41) is 11.9. The molecule has 4 aromatic rings. The molecule has 0 saturated carbocycles. The number of aromatic nitrogens is 1. The number of halogens is 1. The maximum absolute atomic E-state index is 13.1. The van der Waals surface area contributed by atoms with Crippen LogP contribution in [0.1, 0.15) is 16.9 Å². The van der Waals surface area contributed by atoms with Crippen LogP contribution >= 0.6 is 22.9 Å². The summed E-state index contributed by atoms with van der Waals surface area (Å²) in [5.74, 6) is 0.307. The molecule has 0 saturated heterocycles. The molecular formula is C22H16ClN3O4S. The number of furan rings is 1. The maximum Gasteiger partial charge on any atom is 0.269 e. The van der Waals surface area contributed by atoms with Crippen molar-refractivity contribution in [3.05, 3.63) is 92.9 Å². The topological polar surface area (TPSA) is 89.5 Å². The zero-order chi connectivity index (χ0) is 22.0. The minimum absolute atomic E-state index is 0.00959. The third kappa shape index (κ3) is 4.50. The predicted octanol–water partition coefficient (Wildman–Crippen LogP) is 6.01. The smallest absolute Gasteiger partial charge is 0.269 e. The molecule has 9 heteroatoms. The second-order valence-electron chi connectivity index (χ2n) is 6.72. The Bertz CT molecular complexity index is 1240. The van der Waals surface area contributed by atoms with Crippen molar-refractivity contribution in [2.24, 2.45) is 0 Å². The molecular weight excluding hydrogens is 438 g/mol. The molecule has 0 atom stereocenters. The second-order valence-corrected chi connectivity index (χ2v) is 8.11. The lowest BCUT2D eigenvalue weighted by Crippen LogP contribution is -2.28. The highest BCUT2D eigenvalue weighted by Gasteiger charge is 2.21.